The number of halogens is 1. The van der Waals surface area contributed by atoms with E-state index in [9.17, 15) is 4.39 Å². The number of allylic oxidation sites excluding steroid dienone is 3. The van der Waals surface area contributed by atoms with Crippen molar-refractivity contribution in [1.82, 2.24) is 4.90 Å². The van der Waals surface area contributed by atoms with Crippen LogP contribution in [0, 0.1) is 12.7 Å². The van der Waals surface area contributed by atoms with Crippen LogP contribution in [0.4, 0.5) is 10.1 Å². The third kappa shape index (κ3) is 4.40. The van der Waals surface area contributed by atoms with Gasteiger partial charge in [0.15, 0.2) is 0 Å². The summed E-state index contributed by atoms with van der Waals surface area (Å²) in [5, 5.41) is 3.21. The number of hydrogen-bond donors (Lipinski definition) is 1. The van der Waals surface area contributed by atoms with E-state index in [2.05, 4.69) is 55.1 Å². The molecule has 0 radical (unpaired) electrons. The molecule has 0 amide bonds. The van der Waals surface area contributed by atoms with Gasteiger partial charge in [0.25, 0.3) is 0 Å². The first kappa shape index (κ1) is 20.4. The minimum atomic E-state index is -0.298. The molecule has 2 aromatic rings. The van der Waals surface area contributed by atoms with Gasteiger partial charge < -0.3 is 10.2 Å². The lowest BCUT2D eigenvalue weighted by Gasteiger charge is -2.33. The second-order valence-electron chi connectivity index (χ2n) is 7.27. The Hall–Kier alpha value is -3.33. The maximum absolute atomic E-state index is 14.4. The highest BCUT2D eigenvalue weighted by molar-refractivity contribution is 5.54. The first-order chi connectivity index (χ1) is 13.9. The highest BCUT2D eigenvalue weighted by atomic mass is 19.1. The predicted molar refractivity (Wildman–Crippen MR) is 121 cm³/mol. The fraction of sp³-hybridized carbons (Fsp3) is 0.154. The average molecular weight is 387 g/mol. The smallest absolute Gasteiger partial charge is 0.146 e. The van der Waals surface area contributed by atoms with E-state index in [1.165, 1.54) is 11.6 Å². The fourth-order valence-electron chi connectivity index (χ4n) is 3.59. The Labute approximate surface area is 173 Å². The normalized spacial score (nSPS) is 15.1. The van der Waals surface area contributed by atoms with Crippen molar-refractivity contribution in [2.75, 3.05) is 11.9 Å². The number of aryl methyl sites for hydroxylation is 1. The zero-order valence-electron chi connectivity index (χ0n) is 17.1. The molecule has 29 heavy (non-hydrogen) atoms. The lowest BCUT2D eigenvalue weighted by molar-refractivity contribution is 0.335. The zero-order chi connectivity index (χ0) is 21.0. The molecule has 1 unspecified atom stereocenters. The van der Waals surface area contributed by atoms with Gasteiger partial charge in [-0.3, -0.25) is 0 Å². The van der Waals surface area contributed by atoms with E-state index in [-0.39, 0.29) is 11.9 Å². The van der Waals surface area contributed by atoms with Gasteiger partial charge in [-0.05, 0) is 48.3 Å². The molecule has 148 valence electrons. The van der Waals surface area contributed by atoms with E-state index < -0.39 is 0 Å². The first-order valence-corrected chi connectivity index (χ1v) is 9.64. The van der Waals surface area contributed by atoms with Gasteiger partial charge in [0, 0.05) is 17.9 Å². The minimum absolute atomic E-state index is 0.187. The molecular formula is C26H27FN2. The first-order valence-electron chi connectivity index (χ1n) is 9.64. The summed E-state index contributed by atoms with van der Waals surface area (Å²) in [4.78, 5) is 2.20. The quantitative estimate of drug-likeness (QED) is 0.533. The Bertz CT molecular complexity index is 999. The molecular weight excluding hydrogens is 359 g/mol. The Kier molecular flexibility index (Phi) is 6.18. The van der Waals surface area contributed by atoms with Gasteiger partial charge in [0.1, 0.15) is 5.82 Å². The van der Waals surface area contributed by atoms with Crippen LogP contribution in [0.5, 0.6) is 0 Å². The maximum atomic E-state index is 14.4. The van der Waals surface area contributed by atoms with Crippen LogP contribution >= 0.6 is 0 Å². The summed E-state index contributed by atoms with van der Waals surface area (Å²) < 4.78 is 14.4. The Balaban J connectivity index is 1.95. The van der Waals surface area contributed by atoms with Crippen LogP contribution in [0.1, 0.15) is 24.1 Å². The monoisotopic (exact) mass is 386 g/mol. The average Bonchev–Trinajstić information content (AvgIpc) is 2.98. The Morgan fingerprint density at radius 1 is 1.17 bits per heavy atom. The summed E-state index contributed by atoms with van der Waals surface area (Å²) in [6.07, 6.45) is 5.76. The minimum Gasteiger partial charge on any atom is -0.355 e. The van der Waals surface area contributed by atoms with Crippen LogP contribution in [0.3, 0.4) is 0 Å². The van der Waals surface area contributed by atoms with Gasteiger partial charge in [-0.15, -0.1) is 0 Å². The van der Waals surface area contributed by atoms with Crippen LogP contribution in [-0.4, -0.2) is 11.4 Å². The third-order valence-corrected chi connectivity index (χ3v) is 5.21. The molecule has 3 heteroatoms. The van der Waals surface area contributed by atoms with Crippen molar-refractivity contribution in [3.05, 3.63) is 126 Å². The number of anilines is 1. The third-order valence-electron chi connectivity index (χ3n) is 5.21. The Morgan fingerprint density at radius 3 is 2.59 bits per heavy atom. The van der Waals surface area contributed by atoms with Gasteiger partial charge in [-0.25, -0.2) is 4.39 Å². The van der Waals surface area contributed by atoms with E-state index in [0.717, 1.165) is 22.4 Å². The molecule has 0 aromatic heterocycles. The largest absolute Gasteiger partial charge is 0.355 e. The maximum Gasteiger partial charge on any atom is 0.146 e. The summed E-state index contributed by atoms with van der Waals surface area (Å²) in [6, 6.07) is 14.9. The van der Waals surface area contributed by atoms with E-state index in [4.69, 9.17) is 0 Å². The van der Waals surface area contributed by atoms with Crippen LogP contribution in [0.15, 0.2) is 109 Å². The number of hydrogen-bond acceptors (Lipinski definition) is 2. The molecule has 1 heterocycles. The molecule has 0 spiro atoms. The topological polar surface area (TPSA) is 15.3 Å². The van der Waals surface area contributed by atoms with E-state index in [0.29, 0.717) is 17.9 Å². The Morgan fingerprint density at radius 2 is 1.90 bits per heavy atom. The van der Waals surface area contributed by atoms with Gasteiger partial charge in [0.2, 0.25) is 0 Å². The second kappa shape index (κ2) is 8.78. The summed E-state index contributed by atoms with van der Waals surface area (Å²) in [5.74, 6) is -0.298. The number of nitrogens with one attached hydrogen (secondary N) is 1. The van der Waals surface area contributed by atoms with Crippen LogP contribution < -0.4 is 5.32 Å². The molecule has 1 aliphatic heterocycles. The molecule has 3 rings (SSSR count). The molecule has 0 saturated carbocycles. The van der Waals surface area contributed by atoms with Gasteiger partial charge in [-0.1, -0.05) is 74.4 Å². The number of nitrogens with zero attached hydrogens (tertiary/aromatic N) is 1. The molecule has 2 nitrogen and oxygen atoms in total. The fourth-order valence-corrected chi connectivity index (χ4v) is 3.59. The van der Waals surface area contributed by atoms with Crippen molar-refractivity contribution in [2.45, 2.75) is 19.9 Å². The molecule has 1 N–H and O–H groups in total. The van der Waals surface area contributed by atoms with Crippen molar-refractivity contribution >= 4 is 5.69 Å². The SMILES string of the molecule is C=C/C=C\C1=C(C)C(=C)N(C(C(=C)Nc2cc(C)ccc2F)c2ccccc2)C1. The standard InChI is InChI=1S/C26H27FN2/c1-6-7-11-23-17-29(21(5)19(23)3)26(22-12-9-8-10-13-22)20(4)28-25-16-18(2)14-15-24(25)27/h6-16,26,28H,1,4-5,17H2,2-3H3/b11-7-. The second-order valence-corrected chi connectivity index (χ2v) is 7.27. The van der Waals surface area contributed by atoms with E-state index in [1.807, 2.05) is 31.2 Å². The molecule has 1 aliphatic rings. The zero-order valence-corrected chi connectivity index (χ0v) is 17.1. The molecule has 0 bridgehead atoms. The highest BCUT2D eigenvalue weighted by Gasteiger charge is 2.30. The molecule has 0 fully saturated rings. The van der Waals surface area contributed by atoms with Gasteiger partial charge in [0.05, 0.1) is 11.7 Å². The number of benzene rings is 2. The molecule has 1 atom stereocenters. The highest BCUT2D eigenvalue weighted by Crippen LogP contribution is 2.39. The predicted octanol–water partition coefficient (Wildman–Crippen LogP) is 6.69. The number of rotatable bonds is 7. The molecule has 2 aromatic carbocycles. The van der Waals surface area contributed by atoms with Crippen LogP contribution in [0.2, 0.25) is 0 Å². The summed E-state index contributed by atoms with van der Waals surface area (Å²) in [7, 11) is 0. The van der Waals surface area contributed by atoms with Crippen molar-refractivity contribution in [1.29, 1.82) is 0 Å². The summed E-state index contributed by atoms with van der Waals surface area (Å²) in [6.45, 7) is 17.0. The summed E-state index contributed by atoms with van der Waals surface area (Å²) >= 11 is 0. The lowest BCUT2D eigenvalue weighted by atomic mass is 10.0. The van der Waals surface area contributed by atoms with Crippen LogP contribution in [-0.2, 0) is 0 Å². The van der Waals surface area contributed by atoms with Crippen molar-refractivity contribution in [3.8, 4) is 0 Å². The van der Waals surface area contributed by atoms with E-state index in [1.54, 1.807) is 18.2 Å². The van der Waals surface area contributed by atoms with Crippen LogP contribution in [0.25, 0.3) is 0 Å². The van der Waals surface area contributed by atoms with Crippen molar-refractivity contribution in [3.63, 3.8) is 0 Å². The van der Waals surface area contributed by atoms with Crippen molar-refractivity contribution in [2.24, 2.45) is 0 Å². The van der Waals surface area contributed by atoms with Crippen molar-refractivity contribution < 1.29 is 4.39 Å². The lowest BCUT2D eigenvalue weighted by Crippen LogP contribution is -2.29. The molecule has 0 aliphatic carbocycles. The van der Waals surface area contributed by atoms with Gasteiger partial charge >= 0.3 is 0 Å². The summed E-state index contributed by atoms with van der Waals surface area (Å²) in [5.41, 5.74) is 6.44. The van der Waals surface area contributed by atoms with Gasteiger partial charge in [-0.2, -0.15) is 0 Å². The van der Waals surface area contributed by atoms with E-state index >= 15 is 0 Å². The molecule has 0 saturated heterocycles.